The average molecular weight is 359 g/mol. The summed E-state index contributed by atoms with van der Waals surface area (Å²) in [7, 11) is 0. The Morgan fingerprint density at radius 2 is 2.04 bits per heavy atom. The van der Waals surface area contributed by atoms with Crippen LogP contribution in [0.25, 0.3) is 0 Å². The summed E-state index contributed by atoms with van der Waals surface area (Å²) in [5.74, 6) is 0.599. The fourth-order valence-electron chi connectivity index (χ4n) is 2.10. The van der Waals surface area contributed by atoms with E-state index in [1.807, 2.05) is 30.5 Å². The molecule has 3 aromatic rings. The fourth-order valence-corrected chi connectivity index (χ4v) is 3.01. The van der Waals surface area contributed by atoms with Crippen molar-refractivity contribution in [3.8, 4) is 0 Å². The second-order valence-corrected chi connectivity index (χ2v) is 6.46. The quantitative estimate of drug-likeness (QED) is 0.708. The molecular weight excluding hydrogens is 344 g/mol. The van der Waals surface area contributed by atoms with E-state index >= 15 is 0 Å². The first kappa shape index (κ1) is 16.4. The third-order valence-electron chi connectivity index (χ3n) is 3.13. The Morgan fingerprint density at radius 3 is 2.83 bits per heavy atom. The minimum atomic E-state index is -0.136. The molecule has 5 nitrogen and oxygen atoms in total. The molecule has 0 radical (unpaired) electrons. The number of pyridine rings is 1. The van der Waals surface area contributed by atoms with E-state index in [4.69, 9.17) is 11.6 Å². The van der Waals surface area contributed by atoms with Gasteiger partial charge in [0.05, 0.1) is 12.1 Å². The maximum atomic E-state index is 12.1. The standard InChI is InChI=1S/C17H15ClN4OS/c1-11-4-2-7-15(19-11)22-17-21-14(10-24-17)9-16(23)20-13-6-3-5-12(18)8-13/h2-8,10H,9H2,1H3,(H,20,23)(H,19,21,22). The van der Waals surface area contributed by atoms with Gasteiger partial charge in [0.2, 0.25) is 5.91 Å². The summed E-state index contributed by atoms with van der Waals surface area (Å²) in [6, 6.07) is 12.8. The molecule has 3 rings (SSSR count). The number of benzene rings is 1. The summed E-state index contributed by atoms with van der Waals surface area (Å²) in [4.78, 5) is 20.9. The van der Waals surface area contributed by atoms with Gasteiger partial charge in [0.25, 0.3) is 0 Å². The molecule has 0 bridgehead atoms. The van der Waals surface area contributed by atoms with Crippen molar-refractivity contribution in [1.82, 2.24) is 9.97 Å². The van der Waals surface area contributed by atoms with Crippen LogP contribution in [0.15, 0.2) is 47.8 Å². The highest BCUT2D eigenvalue weighted by atomic mass is 35.5. The molecule has 0 atom stereocenters. The molecule has 0 spiro atoms. The molecule has 122 valence electrons. The Labute approximate surface area is 148 Å². The normalized spacial score (nSPS) is 10.4. The zero-order valence-corrected chi connectivity index (χ0v) is 14.5. The lowest BCUT2D eigenvalue weighted by Gasteiger charge is -2.04. The van der Waals surface area contributed by atoms with E-state index in [0.717, 1.165) is 11.5 Å². The van der Waals surface area contributed by atoms with Crippen LogP contribution in [0, 0.1) is 6.92 Å². The molecule has 0 aliphatic carbocycles. The molecule has 0 aliphatic heterocycles. The predicted molar refractivity (Wildman–Crippen MR) is 98.2 cm³/mol. The maximum Gasteiger partial charge on any atom is 0.230 e. The maximum absolute atomic E-state index is 12.1. The van der Waals surface area contributed by atoms with Gasteiger partial charge >= 0.3 is 0 Å². The zero-order valence-electron chi connectivity index (χ0n) is 12.9. The van der Waals surface area contributed by atoms with Crippen LogP contribution in [0.5, 0.6) is 0 Å². The van der Waals surface area contributed by atoms with Crippen molar-refractivity contribution in [1.29, 1.82) is 0 Å². The lowest BCUT2D eigenvalue weighted by molar-refractivity contribution is -0.115. The number of rotatable bonds is 5. The highest BCUT2D eigenvalue weighted by molar-refractivity contribution is 7.13. The number of hydrogen-bond acceptors (Lipinski definition) is 5. The molecule has 0 unspecified atom stereocenters. The average Bonchev–Trinajstić information content (AvgIpc) is 2.94. The predicted octanol–water partition coefficient (Wildman–Crippen LogP) is 4.42. The second-order valence-electron chi connectivity index (χ2n) is 5.17. The molecule has 0 fully saturated rings. The smallest absolute Gasteiger partial charge is 0.230 e. The lowest BCUT2D eigenvalue weighted by Crippen LogP contribution is -2.14. The lowest BCUT2D eigenvalue weighted by atomic mass is 10.3. The van der Waals surface area contributed by atoms with E-state index in [-0.39, 0.29) is 12.3 Å². The molecule has 0 saturated carbocycles. The topological polar surface area (TPSA) is 66.9 Å². The molecule has 1 aromatic carbocycles. The SMILES string of the molecule is Cc1cccc(Nc2nc(CC(=O)Nc3cccc(Cl)c3)cs2)n1. The molecule has 2 heterocycles. The van der Waals surface area contributed by atoms with Crippen molar-refractivity contribution < 1.29 is 4.79 Å². The van der Waals surface area contributed by atoms with E-state index < -0.39 is 0 Å². The van der Waals surface area contributed by atoms with Crippen LogP contribution >= 0.6 is 22.9 Å². The van der Waals surface area contributed by atoms with Crippen molar-refractivity contribution in [2.75, 3.05) is 10.6 Å². The zero-order chi connectivity index (χ0) is 16.9. The fraction of sp³-hybridized carbons (Fsp3) is 0.118. The Bertz CT molecular complexity index is 865. The highest BCUT2D eigenvalue weighted by Gasteiger charge is 2.09. The van der Waals surface area contributed by atoms with Gasteiger partial charge in [-0.1, -0.05) is 23.7 Å². The van der Waals surface area contributed by atoms with Crippen LogP contribution in [0.4, 0.5) is 16.6 Å². The third kappa shape index (κ3) is 4.53. The van der Waals surface area contributed by atoms with Gasteiger partial charge in [-0.2, -0.15) is 0 Å². The van der Waals surface area contributed by atoms with Crippen molar-refractivity contribution >= 4 is 45.5 Å². The van der Waals surface area contributed by atoms with Crippen LogP contribution in [0.2, 0.25) is 5.02 Å². The van der Waals surface area contributed by atoms with Gasteiger partial charge in [0.15, 0.2) is 5.13 Å². The number of nitrogens with one attached hydrogen (secondary N) is 2. The highest BCUT2D eigenvalue weighted by Crippen LogP contribution is 2.21. The Balaban J connectivity index is 1.60. The van der Waals surface area contributed by atoms with Gasteiger partial charge in [0.1, 0.15) is 5.82 Å². The summed E-state index contributed by atoms with van der Waals surface area (Å²) in [5.41, 5.74) is 2.30. The van der Waals surface area contributed by atoms with Crippen molar-refractivity contribution in [3.63, 3.8) is 0 Å². The number of carbonyl (C=O) groups is 1. The largest absolute Gasteiger partial charge is 0.326 e. The van der Waals surface area contributed by atoms with Crippen LogP contribution in [0.3, 0.4) is 0 Å². The van der Waals surface area contributed by atoms with Crippen molar-refractivity contribution in [3.05, 3.63) is 64.3 Å². The van der Waals surface area contributed by atoms with Crippen LogP contribution in [0.1, 0.15) is 11.4 Å². The van der Waals surface area contributed by atoms with Gasteiger partial charge in [-0.05, 0) is 37.3 Å². The third-order valence-corrected chi connectivity index (χ3v) is 4.17. The van der Waals surface area contributed by atoms with Gasteiger partial charge in [-0.3, -0.25) is 4.79 Å². The van der Waals surface area contributed by atoms with Gasteiger partial charge in [-0.15, -0.1) is 11.3 Å². The van der Waals surface area contributed by atoms with E-state index in [1.165, 1.54) is 11.3 Å². The number of aromatic nitrogens is 2. The first-order chi connectivity index (χ1) is 11.6. The minimum Gasteiger partial charge on any atom is -0.326 e. The molecule has 1 amide bonds. The number of thiazole rings is 1. The number of hydrogen-bond donors (Lipinski definition) is 2. The van der Waals surface area contributed by atoms with E-state index in [0.29, 0.717) is 21.5 Å². The number of aryl methyl sites for hydroxylation is 1. The molecule has 7 heteroatoms. The van der Waals surface area contributed by atoms with Crippen molar-refractivity contribution in [2.24, 2.45) is 0 Å². The van der Waals surface area contributed by atoms with Gasteiger partial charge in [-0.25, -0.2) is 9.97 Å². The molecule has 0 aliphatic rings. The van der Waals surface area contributed by atoms with Crippen LogP contribution in [-0.4, -0.2) is 15.9 Å². The molecule has 0 saturated heterocycles. The summed E-state index contributed by atoms with van der Waals surface area (Å²) in [5, 5.41) is 9.09. The summed E-state index contributed by atoms with van der Waals surface area (Å²) < 4.78 is 0. The second kappa shape index (κ2) is 7.42. The van der Waals surface area contributed by atoms with Crippen LogP contribution < -0.4 is 10.6 Å². The minimum absolute atomic E-state index is 0.136. The van der Waals surface area contributed by atoms with Gasteiger partial charge in [0, 0.05) is 21.8 Å². The van der Waals surface area contributed by atoms with E-state index in [2.05, 4.69) is 20.6 Å². The first-order valence-corrected chi connectivity index (χ1v) is 8.55. The number of halogens is 1. The molecule has 2 aromatic heterocycles. The monoisotopic (exact) mass is 358 g/mol. The number of carbonyl (C=O) groups excluding carboxylic acids is 1. The Kier molecular flexibility index (Phi) is 5.08. The van der Waals surface area contributed by atoms with E-state index in [9.17, 15) is 4.79 Å². The molecule has 24 heavy (non-hydrogen) atoms. The van der Waals surface area contributed by atoms with E-state index in [1.54, 1.807) is 24.3 Å². The molecular formula is C17H15ClN4OS. The summed E-state index contributed by atoms with van der Waals surface area (Å²) in [6.07, 6.45) is 0.200. The summed E-state index contributed by atoms with van der Waals surface area (Å²) >= 11 is 7.34. The van der Waals surface area contributed by atoms with Gasteiger partial charge < -0.3 is 10.6 Å². The molecule has 2 N–H and O–H groups in total. The van der Waals surface area contributed by atoms with Crippen molar-refractivity contribution in [2.45, 2.75) is 13.3 Å². The van der Waals surface area contributed by atoms with Crippen LogP contribution in [-0.2, 0) is 11.2 Å². The number of amides is 1. The number of nitrogens with zero attached hydrogens (tertiary/aromatic N) is 2. The Hall–Kier alpha value is -2.44. The Morgan fingerprint density at radius 1 is 1.21 bits per heavy atom. The summed E-state index contributed by atoms with van der Waals surface area (Å²) in [6.45, 7) is 1.93. The number of anilines is 3. The first-order valence-electron chi connectivity index (χ1n) is 7.29.